The van der Waals surface area contributed by atoms with Crippen molar-refractivity contribution in [3.63, 3.8) is 0 Å². The number of nitrogens with zero attached hydrogens (tertiary/aromatic N) is 5. The molecule has 3 aromatic heterocycles. The zero-order chi connectivity index (χ0) is 14.2. The first-order chi connectivity index (χ1) is 10.3. The molecule has 0 atom stereocenters. The molecule has 0 aliphatic rings. The van der Waals surface area contributed by atoms with Gasteiger partial charge in [-0.25, -0.2) is 19.6 Å². The maximum atomic E-state index is 6.00. The molecule has 4 aromatic rings. The standard InChI is InChI=1S/C14H11N7/c15-11-4-2-1-3-10(11)9-5-20-21(6-9)14-12-13(17-7-16-12)18-8-19-14/h1-8H,15H2,(H,16,17,18,19). The molecule has 0 saturated carbocycles. The lowest BCUT2D eigenvalue weighted by molar-refractivity contribution is 0.848. The van der Waals surface area contributed by atoms with Gasteiger partial charge in [-0.05, 0) is 6.07 Å². The topological polar surface area (TPSA) is 98.3 Å². The number of rotatable bonds is 2. The van der Waals surface area contributed by atoms with Crippen molar-refractivity contribution in [1.29, 1.82) is 0 Å². The monoisotopic (exact) mass is 277 g/mol. The summed E-state index contributed by atoms with van der Waals surface area (Å²) in [6, 6.07) is 7.68. The van der Waals surface area contributed by atoms with Gasteiger partial charge in [-0.15, -0.1) is 0 Å². The zero-order valence-corrected chi connectivity index (χ0v) is 10.9. The molecule has 0 aliphatic carbocycles. The van der Waals surface area contributed by atoms with Crippen LogP contribution in [0.3, 0.4) is 0 Å². The highest BCUT2D eigenvalue weighted by Gasteiger charge is 2.11. The van der Waals surface area contributed by atoms with Gasteiger partial charge >= 0.3 is 0 Å². The molecule has 3 N–H and O–H groups in total. The Balaban J connectivity index is 1.85. The Morgan fingerprint density at radius 3 is 2.90 bits per heavy atom. The summed E-state index contributed by atoms with van der Waals surface area (Å²) >= 11 is 0. The van der Waals surface area contributed by atoms with Gasteiger partial charge < -0.3 is 10.7 Å². The fourth-order valence-electron chi connectivity index (χ4n) is 2.26. The molecule has 3 heterocycles. The highest BCUT2D eigenvalue weighted by atomic mass is 15.3. The van der Waals surface area contributed by atoms with Gasteiger partial charge in [0.1, 0.15) is 11.8 Å². The van der Waals surface area contributed by atoms with Crippen molar-refractivity contribution in [2.24, 2.45) is 0 Å². The molecule has 0 spiro atoms. The molecular formula is C14H11N7. The second-order valence-electron chi connectivity index (χ2n) is 4.56. The van der Waals surface area contributed by atoms with Crippen LogP contribution in [0.2, 0.25) is 0 Å². The third-order valence-electron chi connectivity index (χ3n) is 3.27. The van der Waals surface area contributed by atoms with Crippen LogP contribution >= 0.6 is 0 Å². The molecule has 7 heteroatoms. The number of aromatic amines is 1. The van der Waals surface area contributed by atoms with Gasteiger partial charge in [0.25, 0.3) is 0 Å². The molecule has 0 radical (unpaired) electrons. The molecule has 0 unspecified atom stereocenters. The SMILES string of the molecule is Nc1ccccc1-c1cnn(-c2ncnc3nc[nH]c23)c1. The van der Waals surface area contributed by atoms with Crippen LogP contribution in [-0.4, -0.2) is 29.7 Å². The van der Waals surface area contributed by atoms with Crippen molar-refractivity contribution >= 4 is 16.9 Å². The zero-order valence-electron chi connectivity index (χ0n) is 10.9. The lowest BCUT2D eigenvalue weighted by atomic mass is 10.1. The fraction of sp³-hybridized carbons (Fsp3) is 0. The first-order valence-electron chi connectivity index (χ1n) is 6.37. The minimum Gasteiger partial charge on any atom is -0.398 e. The number of para-hydroxylation sites is 1. The molecular weight excluding hydrogens is 266 g/mol. The number of nitrogens with one attached hydrogen (secondary N) is 1. The Morgan fingerprint density at radius 2 is 2.00 bits per heavy atom. The van der Waals surface area contributed by atoms with E-state index in [1.165, 1.54) is 6.33 Å². The van der Waals surface area contributed by atoms with Crippen LogP contribution in [0.25, 0.3) is 28.1 Å². The van der Waals surface area contributed by atoms with Crippen molar-refractivity contribution < 1.29 is 0 Å². The van der Waals surface area contributed by atoms with Crippen LogP contribution in [-0.2, 0) is 0 Å². The summed E-state index contributed by atoms with van der Waals surface area (Å²) in [7, 11) is 0. The highest BCUT2D eigenvalue weighted by Crippen LogP contribution is 2.26. The Bertz CT molecular complexity index is 922. The molecule has 0 aliphatic heterocycles. The van der Waals surface area contributed by atoms with Crippen LogP contribution in [0.4, 0.5) is 5.69 Å². The van der Waals surface area contributed by atoms with Gasteiger partial charge in [0.05, 0.1) is 12.5 Å². The highest BCUT2D eigenvalue weighted by molar-refractivity contribution is 5.79. The molecule has 21 heavy (non-hydrogen) atoms. The maximum absolute atomic E-state index is 6.00. The van der Waals surface area contributed by atoms with Crippen molar-refractivity contribution in [2.75, 3.05) is 5.73 Å². The van der Waals surface area contributed by atoms with E-state index in [4.69, 9.17) is 5.73 Å². The van der Waals surface area contributed by atoms with Crippen molar-refractivity contribution in [2.45, 2.75) is 0 Å². The molecule has 0 bridgehead atoms. The first kappa shape index (κ1) is 11.6. The minimum atomic E-state index is 0.608. The Kier molecular flexibility index (Phi) is 2.43. The van der Waals surface area contributed by atoms with Crippen molar-refractivity contribution in [3.8, 4) is 16.9 Å². The van der Waals surface area contributed by atoms with Crippen LogP contribution in [0, 0.1) is 0 Å². The second kappa shape index (κ2) is 4.41. The lowest BCUT2D eigenvalue weighted by Crippen LogP contribution is -1.99. The number of imidazole rings is 1. The van der Waals surface area contributed by atoms with E-state index in [-0.39, 0.29) is 0 Å². The normalized spacial score (nSPS) is 11.0. The third kappa shape index (κ3) is 1.83. The molecule has 7 nitrogen and oxygen atoms in total. The second-order valence-corrected chi connectivity index (χ2v) is 4.56. The smallest absolute Gasteiger partial charge is 0.182 e. The van der Waals surface area contributed by atoms with E-state index in [1.807, 2.05) is 30.5 Å². The van der Waals surface area contributed by atoms with Gasteiger partial charge in [-0.1, -0.05) is 18.2 Å². The molecule has 0 fully saturated rings. The maximum Gasteiger partial charge on any atom is 0.182 e. The number of hydrogen-bond donors (Lipinski definition) is 2. The summed E-state index contributed by atoms with van der Waals surface area (Å²) in [4.78, 5) is 15.5. The van der Waals surface area contributed by atoms with Gasteiger partial charge in [0, 0.05) is 23.0 Å². The molecule has 0 saturated heterocycles. The summed E-state index contributed by atoms with van der Waals surface area (Å²) < 4.78 is 1.68. The fourth-order valence-corrected chi connectivity index (χ4v) is 2.26. The average molecular weight is 277 g/mol. The summed E-state index contributed by atoms with van der Waals surface area (Å²) in [5, 5.41) is 4.36. The van der Waals surface area contributed by atoms with Gasteiger partial charge in [0.2, 0.25) is 0 Å². The summed E-state index contributed by atoms with van der Waals surface area (Å²) in [5.74, 6) is 0.651. The molecule has 1 aromatic carbocycles. The van der Waals surface area contributed by atoms with Crippen LogP contribution < -0.4 is 5.73 Å². The Morgan fingerprint density at radius 1 is 1.10 bits per heavy atom. The van der Waals surface area contributed by atoms with Gasteiger partial charge in [-0.2, -0.15) is 5.10 Å². The average Bonchev–Trinajstić information content (AvgIpc) is 3.16. The predicted octanol–water partition coefficient (Wildman–Crippen LogP) is 1.79. The van der Waals surface area contributed by atoms with E-state index in [0.717, 1.165) is 16.6 Å². The summed E-state index contributed by atoms with van der Waals surface area (Å²) in [6.07, 6.45) is 6.70. The van der Waals surface area contributed by atoms with E-state index in [1.54, 1.807) is 17.2 Å². The van der Waals surface area contributed by atoms with Crippen molar-refractivity contribution in [3.05, 3.63) is 49.3 Å². The molecule has 4 rings (SSSR count). The number of hydrogen-bond acceptors (Lipinski definition) is 5. The van der Waals surface area contributed by atoms with Gasteiger partial charge in [0.15, 0.2) is 11.5 Å². The third-order valence-corrected chi connectivity index (χ3v) is 3.27. The van der Waals surface area contributed by atoms with Crippen LogP contribution in [0.5, 0.6) is 0 Å². The number of nitrogens with two attached hydrogens (primary N) is 1. The largest absolute Gasteiger partial charge is 0.398 e. The minimum absolute atomic E-state index is 0.608. The number of nitrogen functional groups attached to an aromatic ring is 1. The number of H-pyrrole nitrogens is 1. The van der Waals surface area contributed by atoms with Crippen LogP contribution in [0.1, 0.15) is 0 Å². The van der Waals surface area contributed by atoms with Crippen molar-refractivity contribution in [1.82, 2.24) is 29.7 Å². The Labute approximate surface area is 119 Å². The quantitative estimate of drug-likeness (QED) is 0.544. The number of aromatic nitrogens is 6. The number of benzene rings is 1. The molecule has 102 valence electrons. The Hall–Kier alpha value is -3.22. The first-order valence-corrected chi connectivity index (χ1v) is 6.37. The van der Waals surface area contributed by atoms with E-state index in [9.17, 15) is 0 Å². The van der Waals surface area contributed by atoms with E-state index < -0.39 is 0 Å². The number of fused-ring (bicyclic) bond motifs is 1. The lowest BCUT2D eigenvalue weighted by Gasteiger charge is -2.02. The summed E-state index contributed by atoms with van der Waals surface area (Å²) in [5.41, 5.74) is 9.93. The predicted molar refractivity (Wildman–Crippen MR) is 78.7 cm³/mol. The van der Waals surface area contributed by atoms with E-state index >= 15 is 0 Å². The van der Waals surface area contributed by atoms with E-state index in [0.29, 0.717) is 17.2 Å². The summed E-state index contributed by atoms with van der Waals surface area (Å²) in [6.45, 7) is 0. The molecule has 0 amide bonds. The van der Waals surface area contributed by atoms with Crippen LogP contribution in [0.15, 0.2) is 49.3 Å². The number of anilines is 1. The van der Waals surface area contributed by atoms with E-state index in [2.05, 4.69) is 25.0 Å². The van der Waals surface area contributed by atoms with Gasteiger partial charge in [-0.3, -0.25) is 0 Å².